The summed E-state index contributed by atoms with van der Waals surface area (Å²) >= 11 is 3.46. The Bertz CT molecular complexity index is 837. The van der Waals surface area contributed by atoms with Gasteiger partial charge in [-0.3, -0.25) is 9.69 Å². The summed E-state index contributed by atoms with van der Waals surface area (Å²) in [7, 11) is 0. The standard InChI is InChI=1S/C22H29BrN4O2/c1-17-20(15-25-27(17)19-7-5-18(23)6-8-19)21(28)24-16-22(9-3-2-4-10-22)26-11-13-29-14-12-26/h5-8,15H,2-4,9-14,16H2,1H3,(H,24,28). The Balaban J connectivity index is 1.47. The molecule has 0 atom stereocenters. The van der Waals surface area contributed by atoms with E-state index in [0.717, 1.165) is 55.0 Å². The van der Waals surface area contributed by atoms with Crippen LogP contribution in [0.4, 0.5) is 0 Å². The number of hydrogen-bond donors (Lipinski definition) is 1. The third kappa shape index (κ3) is 4.42. The van der Waals surface area contributed by atoms with Gasteiger partial charge in [0.2, 0.25) is 0 Å². The summed E-state index contributed by atoms with van der Waals surface area (Å²) < 4.78 is 8.39. The number of carbonyl (C=O) groups excluding carboxylic acids is 1. The Morgan fingerprint density at radius 1 is 1.17 bits per heavy atom. The van der Waals surface area contributed by atoms with Crippen LogP contribution >= 0.6 is 15.9 Å². The van der Waals surface area contributed by atoms with E-state index >= 15 is 0 Å². The second-order valence-corrected chi connectivity index (χ2v) is 9.01. The predicted octanol–water partition coefficient (Wildman–Crippen LogP) is 3.71. The molecule has 1 aliphatic heterocycles. The third-order valence-electron chi connectivity index (χ3n) is 6.37. The van der Waals surface area contributed by atoms with E-state index in [1.165, 1.54) is 19.3 Å². The monoisotopic (exact) mass is 460 g/mol. The number of amides is 1. The Kier molecular flexibility index (Phi) is 6.37. The SMILES string of the molecule is Cc1c(C(=O)NCC2(N3CCOCC3)CCCCC2)cnn1-c1ccc(Br)cc1. The van der Waals surface area contributed by atoms with Crippen molar-refractivity contribution in [2.24, 2.45) is 0 Å². The minimum absolute atomic E-state index is 0.0379. The van der Waals surface area contributed by atoms with Crippen molar-refractivity contribution in [3.8, 4) is 5.69 Å². The van der Waals surface area contributed by atoms with Crippen LogP contribution in [-0.2, 0) is 4.74 Å². The molecule has 6 nitrogen and oxygen atoms in total. The average Bonchev–Trinajstić information content (AvgIpc) is 3.15. The maximum atomic E-state index is 13.0. The molecule has 1 N–H and O–H groups in total. The highest BCUT2D eigenvalue weighted by atomic mass is 79.9. The lowest BCUT2D eigenvalue weighted by Crippen LogP contribution is -2.59. The van der Waals surface area contributed by atoms with Crippen molar-refractivity contribution in [2.75, 3.05) is 32.8 Å². The summed E-state index contributed by atoms with van der Waals surface area (Å²) in [4.78, 5) is 15.6. The molecule has 29 heavy (non-hydrogen) atoms. The van der Waals surface area contributed by atoms with E-state index in [1.807, 2.05) is 35.9 Å². The molecule has 1 amide bonds. The van der Waals surface area contributed by atoms with Crippen molar-refractivity contribution in [1.29, 1.82) is 0 Å². The van der Waals surface area contributed by atoms with Gasteiger partial charge in [0.15, 0.2) is 0 Å². The highest BCUT2D eigenvalue weighted by molar-refractivity contribution is 9.10. The van der Waals surface area contributed by atoms with Crippen LogP contribution in [0.5, 0.6) is 0 Å². The molecule has 2 aromatic rings. The molecular weight excluding hydrogens is 432 g/mol. The molecule has 7 heteroatoms. The van der Waals surface area contributed by atoms with Gasteiger partial charge in [0.05, 0.1) is 36.4 Å². The predicted molar refractivity (Wildman–Crippen MR) is 117 cm³/mol. The van der Waals surface area contributed by atoms with Crippen LogP contribution in [-0.4, -0.2) is 59.0 Å². The van der Waals surface area contributed by atoms with Crippen molar-refractivity contribution < 1.29 is 9.53 Å². The maximum absolute atomic E-state index is 13.0. The Morgan fingerprint density at radius 2 is 1.86 bits per heavy atom. The molecule has 0 unspecified atom stereocenters. The number of morpholine rings is 1. The topological polar surface area (TPSA) is 59.4 Å². The highest BCUT2D eigenvalue weighted by Crippen LogP contribution is 2.34. The van der Waals surface area contributed by atoms with E-state index in [-0.39, 0.29) is 11.4 Å². The number of benzene rings is 1. The maximum Gasteiger partial charge on any atom is 0.254 e. The van der Waals surface area contributed by atoms with E-state index in [9.17, 15) is 4.79 Å². The molecule has 2 aliphatic rings. The van der Waals surface area contributed by atoms with Crippen LogP contribution in [0.25, 0.3) is 5.69 Å². The van der Waals surface area contributed by atoms with Crippen LogP contribution in [0.3, 0.4) is 0 Å². The first kappa shape index (κ1) is 20.6. The van der Waals surface area contributed by atoms with Crippen molar-refractivity contribution in [2.45, 2.75) is 44.6 Å². The zero-order valence-corrected chi connectivity index (χ0v) is 18.6. The Hall–Kier alpha value is -1.70. The average molecular weight is 461 g/mol. The molecular formula is C22H29BrN4O2. The zero-order chi connectivity index (χ0) is 20.3. The number of ether oxygens (including phenoxy) is 1. The van der Waals surface area contributed by atoms with E-state index in [1.54, 1.807) is 6.20 Å². The van der Waals surface area contributed by atoms with E-state index in [2.05, 4.69) is 31.2 Å². The van der Waals surface area contributed by atoms with E-state index in [0.29, 0.717) is 12.1 Å². The number of aromatic nitrogens is 2. The molecule has 0 radical (unpaired) electrons. The number of halogens is 1. The van der Waals surface area contributed by atoms with Crippen LogP contribution in [0, 0.1) is 6.92 Å². The summed E-state index contributed by atoms with van der Waals surface area (Å²) in [5.41, 5.74) is 2.50. The first-order chi connectivity index (χ1) is 14.1. The lowest BCUT2D eigenvalue weighted by Gasteiger charge is -2.48. The van der Waals surface area contributed by atoms with Gasteiger partial charge in [0.1, 0.15) is 0 Å². The molecule has 2 fully saturated rings. The largest absolute Gasteiger partial charge is 0.379 e. The molecule has 0 spiro atoms. The molecule has 1 saturated heterocycles. The molecule has 1 aromatic carbocycles. The molecule has 0 bridgehead atoms. The van der Waals surface area contributed by atoms with Gasteiger partial charge in [-0.25, -0.2) is 4.68 Å². The molecule has 4 rings (SSSR count). The zero-order valence-electron chi connectivity index (χ0n) is 17.0. The fourth-order valence-electron chi connectivity index (χ4n) is 4.67. The first-order valence-electron chi connectivity index (χ1n) is 10.5. The van der Waals surface area contributed by atoms with Gasteiger partial charge in [0.25, 0.3) is 5.91 Å². The highest BCUT2D eigenvalue weighted by Gasteiger charge is 2.39. The summed E-state index contributed by atoms with van der Waals surface area (Å²) in [6.45, 7) is 6.12. The fraction of sp³-hybridized carbons (Fsp3) is 0.545. The molecule has 2 heterocycles. The van der Waals surface area contributed by atoms with Crippen LogP contribution in [0.2, 0.25) is 0 Å². The Labute approximate surface area is 180 Å². The normalized spacial score (nSPS) is 19.8. The van der Waals surface area contributed by atoms with Crippen molar-refractivity contribution in [3.63, 3.8) is 0 Å². The molecule has 1 aromatic heterocycles. The fourth-order valence-corrected chi connectivity index (χ4v) is 4.93. The van der Waals surface area contributed by atoms with Gasteiger partial charge in [-0.15, -0.1) is 0 Å². The lowest BCUT2D eigenvalue weighted by atomic mass is 9.79. The number of hydrogen-bond acceptors (Lipinski definition) is 4. The second-order valence-electron chi connectivity index (χ2n) is 8.10. The number of nitrogens with zero attached hydrogens (tertiary/aromatic N) is 3. The van der Waals surface area contributed by atoms with Crippen LogP contribution in [0.15, 0.2) is 34.9 Å². The smallest absolute Gasteiger partial charge is 0.254 e. The third-order valence-corrected chi connectivity index (χ3v) is 6.90. The van der Waals surface area contributed by atoms with Crippen molar-refractivity contribution >= 4 is 21.8 Å². The number of carbonyl (C=O) groups is 1. The van der Waals surface area contributed by atoms with Crippen molar-refractivity contribution in [1.82, 2.24) is 20.0 Å². The minimum atomic E-state index is -0.0379. The van der Waals surface area contributed by atoms with E-state index < -0.39 is 0 Å². The lowest BCUT2D eigenvalue weighted by molar-refractivity contribution is -0.0361. The van der Waals surface area contributed by atoms with Gasteiger partial charge < -0.3 is 10.1 Å². The summed E-state index contributed by atoms with van der Waals surface area (Å²) in [5, 5.41) is 7.69. The Morgan fingerprint density at radius 3 is 2.55 bits per heavy atom. The van der Waals surface area contributed by atoms with Gasteiger partial charge in [-0.2, -0.15) is 5.10 Å². The van der Waals surface area contributed by atoms with Crippen LogP contribution in [0.1, 0.15) is 48.2 Å². The van der Waals surface area contributed by atoms with Gasteiger partial charge in [-0.1, -0.05) is 35.2 Å². The number of nitrogens with one attached hydrogen (secondary N) is 1. The quantitative estimate of drug-likeness (QED) is 0.738. The molecule has 1 aliphatic carbocycles. The second kappa shape index (κ2) is 8.98. The first-order valence-corrected chi connectivity index (χ1v) is 11.3. The summed E-state index contributed by atoms with van der Waals surface area (Å²) in [6.07, 6.45) is 7.71. The van der Waals surface area contributed by atoms with Crippen molar-refractivity contribution in [3.05, 3.63) is 46.2 Å². The van der Waals surface area contributed by atoms with Gasteiger partial charge in [0, 0.05) is 29.6 Å². The summed E-state index contributed by atoms with van der Waals surface area (Å²) in [6, 6.07) is 7.93. The molecule has 1 saturated carbocycles. The summed E-state index contributed by atoms with van der Waals surface area (Å²) in [5.74, 6) is -0.0379. The molecule has 156 valence electrons. The number of rotatable bonds is 5. The van der Waals surface area contributed by atoms with Crippen LogP contribution < -0.4 is 5.32 Å². The minimum Gasteiger partial charge on any atom is -0.379 e. The van der Waals surface area contributed by atoms with Gasteiger partial charge in [-0.05, 0) is 44.0 Å². The van der Waals surface area contributed by atoms with Gasteiger partial charge >= 0.3 is 0 Å². The van der Waals surface area contributed by atoms with E-state index in [4.69, 9.17) is 4.74 Å².